The predicted molar refractivity (Wildman–Crippen MR) is 269 cm³/mol. The summed E-state index contributed by atoms with van der Waals surface area (Å²) in [6.45, 7) is 4.81. The number of esters is 1. The lowest BCUT2D eigenvalue weighted by Gasteiger charge is -2.20. The Morgan fingerprint density at radius 3 is 1.29 bits per heavy atom. The molecule has 6 nitrogen and oxygen atoms in total. The normalized spacial score (nSPS) is 13.0. The van der Waals surface area contributed by atoms with Crippen molar-refractivity contribution in [3.05, 3.63) is 48.6 Å². The summed E-state index contributed by atoms with van der Waals surface area (Å²) >= 11 is 0. The van der Waals surface area contributed by atoms with Gasteiger partial charge in [-0.1, -0.05) is 217 Å². The fourth-order valence-corrected chi connectivity index (χ4v) is 7.88. The van der Waals surface area contributed by atoms with Gasteiger partial charge < -0.3 is 20.3 Å². The Morgan fingerprint density at radius 1 is 0.452 bits per heavy atom. The molecule has 1 amide bonds. The number of allylic oxidation sites excluding steroid dienone is 7. The quantitative estimate of drug-likeness (QED) is 0.0322. The average Bonchev–Trinajstić information content (AvgIpc) is 3.27. The van der Waals surface area contributed by atoms with Crippen LogP contribution < -0.4 is 5.32 Å². The van der Waals surface area contributed by atoms with Crippen LogP contribution in [0.4, 0.5) is 0 Å². The molecule has 3 N–H and O–H groups in total. The molecule has 0 fully saturated rings. The van der Waals surface area contributed by atoms with Gasteiger partial charge in [-0.05, 0) is 89.9 Å². The molecule has 0 aliphatic heterocycles. The Hall–Kier alpha value is -2.18. The summed E-state index contributed by atoms with van der Waals surface area (Å²) in [5, 5.41) is 23.1. The maximum Gasteiger partial charge on any atom is 0.305 e. The predicted octanol–water partition coefficient (Wildman–Crippen LogP) is 16.2. The molecule has 62 heavy (non-hydrogen) atoms. The lowest BCUT2D eigenvalue weighted by atomic mass is 10.0. The van der Waals surface area contributed by atoms with Crippen molar-refractivity contribution in [3.8, 4) is 0 Å². The third-order valence-corrected chi connectivity index (χ3v) is 12.1. The van der Waals surface area contributed by atoms with Crippen molar-refractivity contribution in [1.82, 2.24) is 5.32 Å². The van der Waals surface area contributed by atoms with Gasteiger partial charge in [-0.2, -0.15) is 0 Å². The highest BCUT2D eigenvalue weighted by atomic mass is 16.5. The van der Waals surface area contributed by atoms with E-state index in [1.54, 1.807) is 6.08 Å². The van der Waals surface area contributed by atoms with E-state index < -0.39 is 12.1 Å². The van der Waals surface area contributed by atoms with Gasteiger partial charge in [0.15, 0.2) is 0 Å². The number of unbranched alkanes of at least 4 members (excludes halogenated alkanes) is 32. The zero-order valence-electron chi connectivity index (χ0n) is 41.1. The number of aliphatic hydroxyl groups is 2. The molecule has 6 heteroatoms. The summed E-state index contributed by atoms with van der Waals surface area (Å²) in [7, 11) is 0. The second-order valence-electron chi connectivity index (χ2n) is 18.2. The smallest absolute Gasteiger partial charge is 0.305 e. The molecule has 0 heterocycles. The van der Waals surface area contributed by atoms with E-state index >= 15 is 0 Å². The molecular weight excluding hydrogens is 767 g/mol. The average molecular weight is 870 g/mol. The van der Waals surface area contributed by atoms with E-state index in [-0.39, 0.29) is 18.5 Å². The largest absolute Gasteiger partial charge is 0.466 e. The minimum atomic E-state index is -0.856. The van der Waals surface area contributed by atoms with Crippen LogP contribution >= 0.6 is 0 Å². The summed E-state index contributed by atoms with van der Waals surface area (Å²) in [6.07, 6.45) is 64.0. The Kier molecular flexibility index (Phi) is 49.6. The van der Waals surface area contributed by atoms with Crippen molar-refractivity contribution in [3.63, 3.8) is 0 Å². The van der Waals surface area contributed by atoms with E-state index in [0.29, 0.717) is 19.4 Å². The Balaban J connectivity index is 3.56. The number of hydrogen-bond acceptors (Lipinski definition) is 5. The van der Waals surface area contributed by atoms with Gasteiger partial charge in [-0.3, -0.25) is 9.59 Å². The van der Waals surface area contributed by atoms with E-state index in [4.69, 9.17) is 4.74 Å². The minimum absolute atomic E-state index is 0.0282. The van der Waals surface area contributed by atoms with E-state index in [1.165, 1.54) is 161 Å². The number of rotatable bonds is 49. The summed E-state index contributed by atoms with van der Waals surface area (Å²) in [5.74, 6) is -0.113. The van der Waals surface area contributed by atoms with Crippen LogP contribution in [0.1, 0.15) is 271 Å². The first-order valence-electron chi connectivity index (χ1n) is 26.9. The molecule has 0 aromatic carbocycles. The lowest BCUT2D eigenvalue weighted by Crippen LogP contribution is -2.45. The molecule has 0 saturated carbocycles. The van der Waals surface area contributed by atoms with Crippen molar-refractivity contribution in [2.75, 3.05) is 13.2 Å². The van der Waals surface area contributed by atoms with Crippen molar-refractivity contribution >= 4 is 11.9 Å². The zero-order chi connectivity index (χ0) is 45.1. The maximum absolute atomic E-state index is 12.4. The van der Waals surface area contributed by atoms with Gasteiger partial charge in [0.05, 0.1) is 25.4 Å². The van der Waals surface area contributed by atoms with Crippen molar-refractivity contribution in [1.29, 1.82) is 0 Å². The SMILES string of the molecule is CCCC/C=C\CCCCCCCC(=O)OCCCCC/C=C\C/C=C\CCCCCCCCCC(=O)NC(CO)C(O)/C=C/CCCCCCCCCCCCCCCCC. The molecule has 0 aliphatic carbocycles. The van der Waals surface area contributed by atoms with Gasteiger partial charge in [-0.15, -0.1) is 0 Å². The molecule has 0 spiro atoms. The van der Waals surface area contributed by atoms with Gasteiger partial charge >= 0.3 is 5.97 Å². The summed E-state index contributed by atoms with van der Waals surface area (Å²) in [4.78, 5) is 24.4. The molecule has 2 unspecified atom stereocenters. The van der Waals surface area contributed by atoms with Gasteiger partial charge in [0, 0.05) is 12.8 Å². The van der Waals surface area contributed by atoms with Crippen LogP contribution in [0.2, 0.25) is 0 Å². The van der Waals surface area contributed by atoms with Crippen LogP contribution in [0.5, 0.6) is 0 Å². The molecular formula is C56H103NO5. The van der Waals surface area contributed by atoms with Gasteiger partial charge in [-0.25, -0.2) is 0 Å². The number of carbonyl (C=O) groups is 2. The number of hydrogen-bond donors (Lipinski definition) is 3. The molecule has 2 atom stereocenters. The van der Waals surface area contributed by atoms with E-state index in [9.17, 15) is 19.8 Å². The van der Waals surface area contributed by atoms with Crippen molar-refractivity contribution in [2.45, 2.75) is 283 Å². The fourth-order valence-electron chi connectivity index (χ4n) is 7.88. The molecule has 0 aromatic heterocycles. The molecule has 0 aliphatic rings. The standard InChI is InChI=1S/C56H103NO5/c1-3-5-7-9-11-13-15-16-17-19-22-25-29-32-36-40-44-48-54(59)53(52-58)57-55(60)49-45-41-37-33-30-26-23-20-18-21-24-27-31-35-39-43-47-51-62-56(61)50-46-42-38-34-28-14-12-10-8-6-4-2/h10,12,18,21,27,31,44,48,53-54,58-59H,3-9,11,13-17,19-20,22-26,28-30,32-43,45-47,49-52H2,1-2H3,(H,57,60)/b12-10-,21-18-,31-27-,48-44+. The number of nitrogens with one attached hydrogen (secondary N) is 1. The summed E-state index contributed by atoms with van der Waals surface area (Å²) in [5.41, 5.74) is 0. The lowest BCUT2D eigenvalue weighted by molar-refractivity contribution is -0.143. The first-order chi connectivity index (χ1) is 30.5. The Labute approximate surface area is 385 Å². The number of aliphatic hydroxyl groups excluding tert-OH is 2. The van der Waals surface area contributed by atoms with Crippen LogP contribution in [0.3, 0.4) is 0 Å². The molecule has 0 saturated heterocycles. The third kappa shape index (κ3) is 47.3. The highest BCUT2D eigenvalue weighted by molar-refractivity contribution is 5.76. The first-order valence-corrected chi connectivity index (χ1v) is 26.9. The number of ether oxygens (including phenoxy) is 1. The minimum Gasteiger partial charge on any atom is -0.466 e. The molecule has 0 aromatic rings. The molecule has 0 bridgehead atoms. The number of carbonyl (C=O) groups excluding carboxylic acids is 2. The highest BCUT2D eigenvalue weighted by Gasteiger charge is 2.18. The van der Waals surface area contributed by atoms with E-state index in [2.05, 4.69) is 55.6 Å². The van der Waals surface area contributed by atoms with E-state index in [1.807, 2.05) is 6.08 Å². The van der Waals surface area contributed by atoms with Crippen LogP contribution in [-0.2, 0) is 14.3 Å². The van der Waals surface area contributed by atoms with Gasteiger partial charge in [0.1, 0.15) is 0 Å². The second-order valence-corrected chi connectivity index (χ2v) is 18.2. The molecule has 0 rings (SSSR count). The van der Waals surface area contributed by atoms with Crippen LogP contribution in [-0.4, -0.2) is 47.4 Å². The zero-order valence-corrected chi connectivity index (χ0v) is 41.1. The highest BCUT2D eigenvalue weighted by Crippen LogP contribution is 2.15. The second kappa shape index (κ2) is 51.5. The van der Waals surface area contributed by atoms with Crippen molar-refractivity contribution in [2.24, 2.45) is 0 Å². The summed E-state index contributed by atoms with van der Waals surface area (Å²) in [6, 6.07) is -0.641. The Bertz CT molecular complexity index is 1050. The Morgan fingerprint density at radius 2 is 0.823 bits per heavy atom. The number of amides is 1. The van der Waals surface area contributed by atoms with Crippen LogP contribution in [0, 0.1) is 0 Å². The summed E-state index contributed by atoms with van der Waals surface area (Å²) < 4.78 is 5.42. The maximum atomic E-state index is 12.4. The van der Waals surface area contributed by atoms with Gasteiger partial charge in [0.25, 0.3) is 0 Å². The fraction of sp³-hybridized carbons (Fsp3) is 0.821. The van der Waals surface area contributed by atoms with E-state index in [0.717, 1.165) is 83.5 Å². The topological polar surface area (TPSA) is 95.9 Å². The molecule has 362 valence electrons. The monoisotopic (exact) mass is 870 g/mol. The third-order valence-electron chi connectivity index (χ3n) is 12.1. The van der Waals surface area contributed by atoms with Gasteiger partial charge in [0.2, 0.25) is 5.91 Å². The van der Waals surface area contributed by atoms with Crippen LogP contribution in [0.15, 0.2) is 48.6 Å². The first kappa shape index (κ1) is 59.8. The van der Waals surface area contributed by atoms with Crippen molar-refractivity contribution < 1.29 is 24.5 Å². The molecule has 0 radical (unpaired) electrons. The van der Waals surface area contributed by atoms with Crippen LogP contribution in [0.25, 0.3) is 0 Å².